The minimum Gasteiger partial charge on any atom is -1.00 e. The van der Waals surface area contributed by atoms with Crippen molar-refractivity contribution in [2.75, 3.05) is 0 Å². The summed E-state index contributed by atoms with van der Waals surface area (Å²) in [6, 6.07) is 5.64. The van der Waals surface area contributed by atoms with Gasteiger partial charge in [0.1, 0.15) is 22.5 Å². The van der Waals surface area contributed by atoms with E-state index < -0.39 is 22.7 Å². The molecule has 3 aromatic rings. The molecule has 0 saturated carbocycles. The van der Waals surface area contributed by atoms with Crippen molar-refractivity contribution in [3.63, 3.8) is 0 Å². The Morgan fingerprint density at radius 3 is 2.04 bits per heavy atom. The van der Waals surface area contributed by atoms with Crippen LogP contribution < -0.4 is 30.2 Å². The maximum atomic E-state index is 12.1. The molecule has 1 heterocycles. The summed E-state index contributed by atoms with van der Waals surface area (Å²) in [5.41, 5.74) is -0.890. The molecular weight excluding hydrogens is 558 g/mol. The predicted molar refractivity (Wildman–Crippen MR) is 76.2 cm³/mol. The molecule has 10 heteroatoms. The number of hydrogen-bond acceptors (Lipinski definition) is 7. The molecule has 2 aromatic carbocycles. The van der Waals surface area contributed by atoms with Gasteiger partial charge in [-0.25, -0.2) is 0 Å². The smallest absolute Gasteiger partial charge is 1.00 e. The second-order valence-electron chi connectivity index (χ2n) is 4.65. The van der Waals surface area contributed by atoms with Crippen molar-refractivity contribution in [2.24, 2.45) is 0 Å². The van der Waals surface area contributed by atoms with Crippen LogP contribution in [-0.2, 0) is 21.1 Å². The third-order valence-corrected chi connectivity index (χ3v) is 3.17. The number of rotatable bonds is 1. The van der Waals surface area contributed by atoms with Gasteiger partial charge in [0.15, 0.2) is 17.3 Å². The van der Waals surface area contributed by atoms with Gasteiger partial charge in [-0.15, -0.1) is 0 Å². The van der Waals surface area contributed by atoms with Crippen molar-refractivity contribution in [1.82, 2.24) is 0 Å². The number of phenolic OH excluding ortho intramolecular Hbond substituents is 4. The van der Waals surface area contributed by atoms with E-state index in [1.54, 1.807) is 0 Å². The Morgan fingerprint density at radius 2 is 1.44 bits per heavy atom. The van der Waals surface area contributed by atoms with Crippen molar-refractivity contribution in [3.8, 4) is 40.1 Å². The second-order valence-corrected chi connectivity index (χ2v) is 4.65. The van der Waals surface area contributed by atoms with Crippen LogP contribution in [0.3, 0.4) is 0 Å². The summed E-state index contributed by atoms with van der Waals surface area (Å²) >= 11 is 0. The Bertz CT molecular complexity index is 972. The number of halogens is 2. The summed E-state index contributed by atoms with van der Waals surface area (Å²) in [6.45, 7) is 0. The van der Waals surface area contributed by atoms with E-state index in [9.17, 15) is 30.3 Å². The molecule has 0 unspecified atom stereocenters. The molecule has 0 spiro atoms. The van der Waals surface area contributed by atoms with Gasteiger partial charge in [-0.3, -0.25) is 4.79 Å². The third-order valence-electron chi connectivity index (χ3n) is 3.17. The van der Waals surface area contributed by atoms with Gasteiger partial charge in [0.2, 0.25) is 11.2 Å². The van der Waals surface area contributed by atoms with E-state index in [-0.39, 0.29) is 79.7 Å². The van der Waals surface area contributed by atoms with Crippen molar-refractivity contribution < 1.29 is 75.8 Å². The Morgan fingerprint density at radius 1 is 0.800 bits per heavy atom. The van der Waals surface area contributed by atoms with E-state index in [1.807, 2.05) is 0 Å². The van der Waals surface area contributed by atoms with Crippen molar-refractivity contribution in [1.29, 1.82) is 0 Å². The van der Waals surface area contributed by atoms with Crippen LogP contribution in [0.5, 0.6) is 28.7 Å². The van der Waals surface area contributed by atoms with Crippen LogP contribution in [0.2, 0.25) is 0 Å². The van der Waals surface area contributed by atoms with Crippen LogP contribution in [0, 0.1) is 0 Å². The van der Waals surface area contributed by atoms with E-state index in [4.69, 9.17) is 4.42 Å². The first kappa shape index (κ1) is 22.9. The molecule has 0 bridgehead atoms. The number of aromatic hydroxyl groups is 5. The van der Waals surface area contributed by atoms with Crippen LogP contribution in [0.25, 0.3) is 22.3 Å². The maximum absolute atomic E-state index is 12.1. The largest absolute Gasteiger partial charge is 4.00 e. The molecule has 1 aromatic heterocycles. The molecule has 0 aliphatic rings. The van der Waals surface area contributed by atoms with Gasteiger partial charge in [-0.2, -0.15) is 0 Å². The standard InChI is InChI=1S/C15H10O7.2ClH.Pt/c16-7-4-10(19)12-11(5-7)22-15(14(21)13(12)20)6-1-2-8(17)9(18)3-6;;;/h1-5,16-19,21H;2*1H;/q;;;+4/p-2. The van der Waals surface area contributed by atoms with Crippen LogP contribution in [0.1, 0.15) is 0 Å². The summed E-state index contributed by atoms with van der Waals surface area (Å²) in [4.78, 5) is 12.1. The fraction of sp³-hybridized carbons (Fsp3) is 0. The SMILES string of the molecule is O=c1c(O)c(-c2ccc(O)c(O)c2)oc2cc(O)cc(O)c12.[Cl-].[Cl-].[Pt+4]. The first-order valence-corrected chi connectivity index (χ1v) is 6.12. The quantitative estimate of drug-likeness (QED) is 0.189. The molecule has 0 saturated heterocycles. The average Bonchev–Trinajstić information content (AvgIpc) is 2.45. The Balaban J connectivity index is 0.00000192. The fourth-order valence-electron chi connectivity index (χ4n) is 2.14. The van der Waals surface area contributed by atoms with Crippen molar-refractivity contribution in [3.05, 3.63) is 40.6 Å². The number of benzene rings is 2. The van der Waals surface area contributed by atoms with E-state index in [1.165, 1.54) is 6.07 Å². The van der Waals surface area contributed by atoms with Crippen LogP contribution in [0.4, 0.5) is 0 Å². The molecule has 0 aliphatic carbocycles. The van der Waals surface area contributed by atoms with Crippen LogP contribution in [0.15, 0.2) is 39.5 Å². The van der Waals surface area contributed by atoms with Crippen molar-refractivity contribution in [2.45, 2.75) is 0 Å². The van der Waals surface area contributed by atoms with Gasteiger partial charge in [0, 0.05) is 17.7 Å². The normalized spacial score (nSPS) is 9.60. The molecule has 7 nitrogen and oxygen atoms in total. The summed E-state index contributed by atoms with van der Waals surface area (Å²) in [5, 5.41) is 47.6. The van der Waals surface area contributed by atoms with E-state index in [0.29, 0.717) is 0 Å². The first-order valence-electron chi connectivity index (χ1n) is 6.12. The summed E-state index contributed by atoms with van der Waals surface area (Å²) < 4.78 is 5.35. The Hall–Kier alpha value is -2.08. The number of hydrogen-bond donors (Lipinski definition) is 5. The topological polar surface area (TPSA) is 131 Å². The second kappa shape index (κ2) is 8.34. The van der Waals surface area contributed by atoms with Gasteiger partial charge in [0.05, 0.1) is 0 Å². The molecule has 134 valence electrons. The summed E-state index contributed by atoms with van der Waals surface area (Å²) in [7, 11) is 0. The van der Waals surface area contributed by atoms with Gasteiger partial charge in [-0.1, -0.05) is 0 Å². The van der Waals surface area contributed by atoms with Gasteiger partial charge in [-0.05, 0) is 18.2 Å². The Labute approximate surface area is 167 Å². The number of fused-ring (bicyclic) bond motifs is 1. The molecule has 0 fully saturated rings. The molecule has 25 heavy (non-hydrogen) atoms. The van der Waals surface area contributed by atoms with E-state index >= 15 is 0 Å². The van der Waals surface area contributed by atoms with Gasteiger partial charge < -0.3 is 54.8 Å². The van der Waals surface area contributed by atoms with Gasteiger partial charge >= 0.3 is 21.1 Å². The number of phenols is 4. The molecule has 0 amide bonds. The van der Waals surface area contributed by atoms with Crippen LogP contribution in [-0.4, -0.2) is 25.5 Å². The van der Waals surface area contributed by atoms with E-state index in [0.717, 1.165) is 24.3 Å². The molecule has 0 atom stereocenters. The monoisotopic (exact) mass is 567 g/mol. The minimum atomic E-state index is -0.888. The first-order chi connectivity index (χ1) is 10.4. The molecule has 0 aliphatic heterocycles. The van der Waals surface area contributed by atoms with Crippen molar-refractivity contribution >= 4 is 11.0 Å². The molecule has 5 N–H and O–H groups in total. The minimum absolute atomic E-state index is 0. The summed E-state index contributed by atoms with van der Waals surface area (Å²) in [6.07, 6.45) is 0. The van der Waals surface area contributed by atoms with Crippen LogP contribution >= 0.6 is 0 Å². The zero-order chi connectivity index (χ0) is 16.0. The molecule has 0 radical (unpaired) electrons. The third kappa shape index (κ3) is 3.95. The molecule has 3 rings (SSSR count). The fourth-order valence-corrected chi connectivity index (χ4v) is 2.14. The maximum Gasteiger partial charge on any atom is 4.00 e. The average molecular weight is 568 g/mol. The van der Waals surface area contributed by atoms with Gasteiger partial charge in [0.25, 0.3) is 0 Å². The summed E-state index contributed by atoms with van der Waals surface area (Å²) in [5.74, 6) is -2.71. The zero-order valence-corrected chi connectivity index (χ0v) is 15.8. The zero-order valence-electron chi connectivity index (χ0n) is 12.0. The predicted octanol–water partition coefficient (Wildman–Crippen LogP) is -4.01. The van der Waals surface area contributed by atoms with E-state index in [2.05, 4.69) is 0 Å². The molecular formula is C15H10Cl2O7Pt+2. The Kier molecular flexibility index (Phi) is 7.64.